The van der Waals surface area contributed by atoms with Crippen LogP contribution >= 0.6 is 0 Å². The zero-order valence-electron chi connectivity index (χ0n) is 13.4. The van der Waals surface area contributed by atoms with Crippen molar-refractivity contribution in [2.75, 3.05) is 13.1 Å². The molecule has 12 heteroatoms. The largest absolute Gasteiger partial charge is 0.404 e. The molecule has 26 heavy (non-hydrogen) atoms. The number of urea groups is 1. The molecule has 152 valence electrons. The van der Waals surface area contributed by atoms with Crippen molar-refractivity contribution in [3.63, 3.8) is 0 Å². The zero-order chi connectivity index (χ0) is 20.0. The van der Waals surface area contributed by atoms with E-state index in [-0.39, 0.29) is 19.3 Å². The number of hydrogen-bond donors (Lipinski definition) is 1. The van der Waals surface area contributed by atoms with Gasteiger partial charge in [0.15, 0.2) is 5.41 Å². The van der Waals surface area contributed by atoms with Gasteiger partial charge in [-0.15, -0.1) is 0 Å². The smallest absolute Gasteiger partial charge is 0.335 e. The molecule has 1 aliphatic carbocycles. The van der Waals surface area contributed by atoms with Gasteiger partial charge in [0.05, 0.1) is 5.92 Å². The Kier molecular flexibility index (Phi) is 5.37. The van der Waals surface area contributed by atoms with Crippen molar-refractivity contribution in [3.8, 4) is 0 Å². The first-order valence-corrected chi connectivity index (χ1v) is 7.93. The van der Waals surface area contributed by atoms with Crippen LogP contribution in [0.25, 0.3) is 0 Å². The molecule has 2 fully saturated rings. The van der Waals surface area contributed by atoms with Crippen molar-refractivity contribution in [2.24, 2.45) is 11.3 Å². The number of amides is 2. The Bertz CT molecular complexity index is 512. The second-order valence-electron chi connectivity index (χ2n) is 6.80. The molecule has 0 aromatic carbocycles. The number of hydrogen-bond acceptors (Lipinski definition) is 1. The monoisotopic (exact) mass is 400 g/mol. The zero-order valence-corrected chi connectivity index (χ0v) is 13.4. The first kappa shape index (κ1) is 20.9. The van der Waals surface area contributed by atoms with E-state index in [0.29, 0.717) is 4.90 Å². The van der Waals surface area contributed by atoms with Gasteiger partial charge in [-0.2, -0.15) is 39.5 Å². The number of alkyl halides is 9. The highest BCUT2D eigenvalue weighted by atomic mass is 19.4. The lowest BCUT2D eigenvalue weighted by molar-refractivity contribution is -0.334. The van der Waals surface area contributed by atoms with Crippen molar-refractivity contribution >= 4 is 6.03 Å². The van der Waals surface area contributed by atoms with E-state index < -0.39 is 67.9 Å². The van der Waals surface area contributed by atoms with Gasteiger partial charge < -0.3 is 10.2 Å². The minimum Gasteiger partial charge on any atom is -0.335 e. The van der Waals surface area contributed by atoms with Crippen LogP contribution in [0.1, 0.15) is 32.1 Å². The lowest BCUT2D eigenvalue weighted by Gasteiger charge is -2.34. The van der Waals surface area contributed by atoms with Crippen LogP contribution in [0.5, 0.6) is 0 Å². The molecule has 2 atom stereocenters. The molecule has 1 saturated carbocycles. The maximum atomic E-state index is 13.0. The predicted octanol–water partition coefficient (Wildman–Crippen LogP) is 4.63. The molecule has 1 heterocycles. The molecule has 2 unspecified atom stereocenters. The molecule has 1 N–H and O–H groups in total. The topological polar surface area (TPSA) is 32.3 Å². The molecule has 0 aromatic rings. The maximum Gasteiger partial charge on any atom is 0.404 e. The molecule has 0 bridgehead atoms. The molecule has 0 radical (unpaired) electrons. The van der Waals surface area contributed by atoms with E-state index >= 15 is 0 Å². The summed E-state index contributed by atoms with van der Waals surface area (Å²) in [6.07, 6.45) is -17.2. The van der Waals surface area contributed by atoms with E-state index in [4.69, 9.17) is 0 Å². The van der Waals surface area contributed by atoms with Crippen LogP contribution in [0.15, 0.2) is 0 Å². The molecular formula is C14H17F9N2O. The quantitative estimate of drug-likeness (QED) is 0.640. The lowest BCUT2D eigenvalue weighted by Crippen LogP contribution is -2.53. The van der Waals surface area contributed by atoms with Gasteiger partial charge >= 0.3 is 24.6 Å². The van der Waals surface area contributed by atoms with E-state index in [9.17, 15) is 44.3 Å². The Morgan fingerprint density at radius 3 is 2.00 bits per heavy atom. The van der Waals surface area contributed by atoms with Crippen LogP contribution in [0.2, 0.25) is 0 Å². The molecule has 1 aliphatic heterocycles. The fraction of sp³-hybridized carbons (Fsp3) is 0.929. The summed E-state index contributed by atoms with van der Waals surface area (Å²) >= 11 is 0. The summed E-state index contributed by atoms with van der Waals surface area (Å²) in [6.45, 7) is -2.37. The van der Waals surface area contributed by atoms with E-state index in [1.807, 2.05) is 0 Å². The third kappa shape index (κ3) is 3.98. The Hall–Kier alpha value is -1.36. The number of nitrogens with one attached hydrogen (secondary N) is 1. The van der Waals surface area contributed by atoms with E-state index in [1.54, 1.807) is 0 Å². The summed E-state index contributed by atoms with van der Waals surface area (Å²) in [5.74, 6) is -1.65. The highest BCUT2D eigenvalue weighted by Gasteiger charge is 2.73. The van der Waals surface area contributed by atoms with Crippen LogP contribution in [0, 0.1) is 11.3 Å². The third-order valence-corrected chi connectivity index (χ3v) is 5.11. The van der Waals surface area contributed by atoms with Gasteiger partial charge in [0, 0.05) is 19.1 Å². The molecule has 3 nitrogen and oxygen atoms in total. The van der Waals surface area contributed by atoms with Gasteiger partial charge in [-0.1, -0.05) is 6.42 Å². The summed E-state index contributed by atoms with van der Waals surface area (Å²) in [6, 6.07) is -2.14. The summed E-state index contributed by atoms with van der Waals surface area (Å²) < 4.78 is 116. The molecule has 2 aliphatic rings. The molecule has 0 spiro atoms. The number of nitrogens with zero attached hydrogens (tertiary/aromatic N) is 1. The number of carbonyl (C=O) groups is 1. The minimum atomic E-state index is -5.59. The van der Waals surface area contributed by atoms with Gasteiger partial charge in [0.2, 0.25) is 0 Å². The fourth-order valence-corrected chi connectivity index (χ4v) is 3.49. The Balaban J connectivity index is 2.03. The second kappa shape index (κ2) is 6.66. The van der Waals surface area contributed by atoms with Gasteiger partial charge in [-0.25, -0.2) is 4.79 Å². The van der Waals surface area contributed by atoms with E-state index in [1.165, 1.54) is 0 Å². The first-order valence-electron chi connectivity index (χ1n) is 7.93. The Morgan fingerprint density at radius 2 is 1.54 bits per heavy atom. The van der Waals surface area contributed by atoms with Crippen molar-refractivity contribution in [2.45, 2.75) is 56.7 Å². The number of carbonyl (C=O) groups excluding carboxylic acids is 1. The number of likely N-dealkylation sites (tertiary alicyclic amines) is 1. The average molecular weight is 400 g/mol. The molecule has 2 rings (SSSR count). The van der Waals surface area contributed by atoms with E-state index in [2.05, 4.69) is 5.32 Å². The van der Waals surface area contributed by atoms with Crippen LogP contribution < -0.4 is 5.32 Å². The molecule has 0 aromatic heterocycles. The Morgan fingerprint density at radius 1 is 0.962 bits per heavy atom. The fourth-order valence-electron chi connectivity index (χ4n) is 3.49. The SMILES string of the molecule is O=C(NC1CCCC(C(F)(F)F)C1)N1CCC(C(F)(F)F)(C(F)(F)F)C1. The van der Waals surface area contributed by atoms with Crippen molar-refractivity contribution in [3.05, 3.63) is 0 Å². The maximum absolute atomic E-state index is 13.0. The molecular weight excluding hydrogens is 383 g/mol. The third-order valence-electron chi connectivity index (χ3n) is 5.11. The van der Waals surface area contributed by atoms with Crippen LogP contribution in [0.4, 0.5) is 44.3 Å². The highest BCUT2D eigenvalue weighted by Crippen LogP contribution is 2.55. The molecule has 2 amide bonds. The highest BCUT2D eigenvalue weighted by molar-refractivity contribution is 5.75. The minimum absolute atomic E-state index is 0.120. The summed E-state index contributed by atoms with van der Waals surface area (Å²) in [5.41, 5.74) is -4.02. The van der Waals surface area contributed by atoms with Crippen LogP contribution in [-0.4, -0.2) is 48.6 Å². The summed E-state index contributed by atoms with van der Waals surface area (Å²) in [4.78, 5) is 12.4. The van der Waals surface area contributed by atoms with Crippen molar-refractivity contribution < 1.29 is 44.3 Å². The van der Waals surface area contributed by atoms with Crippen LogP contribution in [-0.2, 0) is 0 Å². The second-order valence-corrected chi connectivity index (χ2v) is 6.80. The van der Waals surface area contributed by atoms with Crippen LogP contribution in [0.3, 0.4) is 0 Å². The standard InChI is InChI=1S/C14H17F9N2O/c15-12(16,17)8-2-1-3-9(6-8)24-10(26)25-5-4-11(7-25,13(18,19)20)14(21,22)23/h8-9H,1-7H2,(H,24,26). The first-order chi connectivity index (χ1) is 11.7. The summed E-state index contributed by atoms with van der Waals surface area (Å²) in [7, 11) is 0. The predicted molar refractivity (Wildman–Crippen MR) is 71.1 cm³/mol. The van der Waals surface area contributed by atoms with E-state index in [0.717, 1.165) is 0 Å². The number of halogens is 9. The average Bonchev–Trinajstić information content (AvgIpc) is 2.92. The lowest BCUT2D eigenvalue weighted by atomic mass is 9.85. The summed E-state index contributed by atoms with van der Waals surface area (Å²) in [5, 5.41) is 2.16. The van der Waals surface area contributed by atoms with Crippen molar-refractivity contribution in [1.29, 1.82) is 0 Å². The van der Waals surface area contributed by atoms with Crippen molar-refractivity contribution in [1.82, 2.24) is 10.2 Å². The normalized spacial score (nSPS) is 27.5. The van der Waals surface area contributed by atoms with Gasteiger partial charge in [0.25, 0.3) is 0 Å². The van der Waals surface area contributed by atoms with Gasteiger partial charge in [-0.3, -0.25) is 0 Å². The molecule has 1 saturated heterocycles. The number of rotatable bonds is 1. The Labute approximate surface area is 142 Å². The van der Waals surface area contributed by atoms with Gasteiger partial charge in [-0.05, 0) is 25.7 Å². The van der Waals surface area contributed by atoms with Gasteiger partial charge in [0.1, 0.15) is 0 Å².